The van der Waals surface area contributed by atoms with E-state index >= 15 is 0 Å². The maximum atomic E-state index is 13.9. The summed E-state index contributed by atoms with van der Waals surface area (Å²) in [6, 6.07) is 2.67. The van der Waals surface area contributed by atoms with E-state index < -0.39 is 87.3 Å². The molecular formula is C21H20F5N3O5S. The highest BCUT2D eigenvalue weighted by atomic mass is 32.2. The SMILES string of the molecule is Cn1cc(-c2ccc(S(=O)(=O)[C@H]3C[C@@H](C(=O)O)[C@H](C(=O)N4CC(F)(F)C4)C3)c(C(F)(F)F)c2)cn1. The smallest absolute Gasteiger partial charge is 0.417 e. The molecule has 2 heterocycles. The van der Waals surface area contributed by atoms with Crippen molar-refractivity contribution in [2.45, 2.75) is 35.1 Å². The maximum absolute atomic E-state index is 13.9. The van der Waals surface area contributed by atoms with Gasteiger partial charge in [0.15, 0.2) is 9.84 Å². The molecule has 0 radical (unpaired) electrons. The summed E-state index contributed by atoms with van der Waals surface area (Å²) >= 11 is 0. The number of rotatable bonds is 5. The van der Waals surface area contributed by atoms with Gasteiger partial charge in [0.05, 0.1) is 46.8 Å². The number of likely N-dealkylation sites (tertiary alicyclic amines) is 1. The number of carboxylic acid groups (broad SMARTS) is 1. The minimum Gasteiger partial charge on any atom is -0.481 e. The molecule has 0 spiro atoms. The number of carboxylic acids is 1. The van der Waals surface area contributed by atoms with Gasteiger partial charge < -0.3 is 10.0 Å². The summed E-state index contributed by atoms with van der Waals surface area (Å²) in [6.07, 6.45) is -3.48. The Morgan fingerprint density at radius 2 is 1.74 bits per heavy atom. The van der Waals surface area contributed by atoms with Crippen molar-refractivity contribution >= 4 is 21.7 Å². The molecule has 1 amide bonds. The second-order valence-corrected chi connectivity index (χ2v) is 11.0. The van der Waals surface area contributed by atoms with Crippen molar-refractivity contribution in [3.05, 3.63) is 36.2 Å². The molecule has 8 nitrogen and oxygen atoms in total. The lowest BCUT2D eigenvalue weighted by Crippen LogP contribution is -2.60. The number of hydrogen-bond donors (Lipinski definition) is 1. The van der Waals surface area contributed by atoms with Crippen LogP contribution >= 0.6 is 0 Å². The van der Waals surface area contributed by atoms with Gasteiger partial charge in [0.25, 0.3) is 5.92 Å². The number of amides is 1. The lowest BCUT2D eigenvalue weighted by atomic mass is 9.93. The normalized spacial score (nSPS) is 24.3. The third-order valence-electron chi connectivity index (χ3n) is 6.38. The number of aromatic nitrogens is 2. The van der Waals surface area contributed by atoms with Gasteiger partial charge in [-0.1, -0.05) is 6.07 Å². The Morgan fingerprint density at radius 1 is 1.11 bits per heavy atom. The Bertz CT molecular complexity index is 1280. The van der Waals surface area contributed by atoms with E-state index in [0.29, 0.717) is 11.6 Å². The van der Waals surface area contributed by atoms with E-state index in [4.69, 9.17) is 0 Å². The predicted molar refractivity (Wildman–Crippen MR) is 110 cm³/mol. The fourth-order valence-electron chi connectivity index (χ4n) is 4.62. The summed E-state index contributed by atoms with van der Waals surface area (Å²) in [4.78, 5) is 24.0. The molecule has 2 aliphatic rings. The van der Waals surface area contributed by atoms with Gasteiger partial charge in [-0.25, -0.2) is 17.2 Å². The van der Waals surface area contributed by atoms with Crippen LogP contribution in [0.2, 0.25) is 0 Å². The highest BCUT2D eigenvalue weighted by Gasteiger charge is 2.54. The van der Waals surface area contributed by atoms with Crippen LogP contribution in [0.1, 0.15) is 18.4 Å². The third kappa shape index (κ3) is 4.62. The second-order valence-electron chi connectivity index (χ2n) is 8.85. The molecule has 2 aromatic rings. The van der Waals surface area contributed by atoms with Crippen LogP contribution in [0.4, 0.5) is 22.0 Å². The zero-order chi connectivity index (χ0) is 25.9. The summed E-state index contributed by atoms with van der Waals surface area (Å²) < 4.78 is 96.0. The van der Waals surface area contributed by atoms with Gasteiger partial charge in [-0.05, 0) is 30.5 Å². The molecular weight excluding hydrogens is 501 g/mol. The van der Waals surface area contributed by atoms with Crippen LogP contribution in [0.25, 0.3) is 11.1 Å². The van der Waals surface area contributed by atoms with Crippen molar-refractivity contribution in [3.8, 4) is 11.1 Å². The van der Waals surface area contributed by atoms with Crippen molar-refractivity contribution in [1.29, 1.82) is 0 Å². The van der Waals surface area contributed by atoms with E-state index in [0.717, 1.165) is 11.0 Å². The molecule has 1 N–H and O–H groups in total. The zero-order valence-corrected chi connectivity index (χ0v) is 19.0. The number of sulfone groups is 1. The number of alkyl halides is 5. The average molecular weight is 521 g/mol. The van der Waals surface area contributed by atoms with Crippen LogP contribution in [0, 0.1) is 11.8 Å². The monoisotopic (exact) mass is 521 g/mol. The van der Waals surface area contributed by atoms with Crippen LogP contribution < -0.4 is 0 Å². The molecule has 2 fully saturated rings. The van der Waals surface area contributed by atoms with Gasteiger partial charge >= 0.3 is 12.1 Å². The maximum Gasteiger partial charge on any atom is 0.417 e. The number of aryl methyl sites for hydroxylation is 1. The molecule has 1 aliphatic carbocycles. The van der Waals surface area contributed by atoms with E-state index in [9.17, 15) is 45.1 Å². The lowest BCUT2D eigenvalue weighted by Gasteiger charge is -2.40. The van der Waals surface area contributed by atoms with E-state index in [-0.39, 0.29) is 5.56 Å². The van der Waals surface area contributed by atoms with Crippen molar-refractivity contribution in [3.63, 3.8) is 0 Å². The molecule has 35 heavy (non-hydrogen) atoms. The molecule has 1 aliphatic heterocycles. The molecule has 3 atom stereocenters. The first-order valence-electron chi connectivity index (χ1n) is 10.4. The number of halogens is 5. The summed E-state index contributed by atoms with van der Waals surface area (Å²) in [6.45, 7) is -1.83. The number of carbonyl (C=O) groups excluding carboxylic acids is 1. The minimum atomic E-state index is -5.05. The van der Waals surface area contributed by atoms with Crippen molar-refractivity contribution < 1.29 is 45.1 Å². The molecule has 1 aromatic heterocycles. The first-order chi connectivity index (χ1) is 16.1. The van der Waals surface area contributed by atoms with Crippen LogP contribution in [0.3, 0.4) is 0 Å². The van der Waals surface area contributed by atoms with Crippen LogP contribution in [-0.2, 0) is 32.7 Å². The van der Waals surface area contributed by atoms with E-state index in [1.54, 1.807) is 7.05 Å². The highest BCUT2D eigenvalue weighted by molar-refractivity contribution is 7.92. The summed E-state index contributed by atoms with van der Waals surface area (Å²) in [5.41, 5.74) is -1.03. The summed E-state index contributed by atoms with van der Waals surface area (Å²) in [5, 5.41) is 11.8. The molecule has 1 aromatic carbocycles. The molecule has 190 valence electrons. The Hall–Kier alpha value is -3.03. The lowest BCUT2D eigenvalue weighted by molar-refractivity contribution is -0.172. The standard InChI is InChI=1S/C21H20F5N3O5S/c1-28-8-12(7-27-28)11-2-3-17(16(4-11)21(24,25)26)35(33,34)13-5-14(15(6-13)19(31)32)18(30)29-9-20(22,23)10-29/h2-4,7-8,13-15H,5-6,9-10H2,1H3,(H,31,32)/t13-,14-,15-/m1/s1. The zero-order valence-electron chi connectivity index (χ0n) is 18.2. The van der Waals surface area contributed by atoms with Gasteiger partial charge in [-0.2, -0.15) is 18.3 Å². The quantitative estimate of drug-likeness (QED) is 0.607. The fraction of sp³-hybridized carbons (Fsp3) is 0.476. The van der Waals surface area contributed by atoms with Gasteiger partial charge in [0, 0.05) is 18.8 Å². The van der Waals surface area contributed by atoms with E-state index in [1.165, 1.54) is 23.1 Å². The Kier molecular flexibility index (Phi) is 5.93. The number of benzene rings is 1. The Labute approximate surface area is 196 Å². The second kappa shape index (κ2) is 8.28. The molecule has 14 heteroatoms. The van der Waals surface area contributed by atoms with Gasteiger partial charge in [-0.3, -0.25) is 14.3 Å². The van der Waals surface area contributed by atoms with Crippen LogP contribution in [0.15, 0.2) is 35.5 Å². The van der Waals surface area contributed by atoms with Crippen molar-refractivity contribution in [1.82, 2.24) is 14.7 Å². The number of nitrogens with zero attached hydrogens (tertiary/aromatic N) is 3. The van der Waals surface area contributed by atoms with Gasteiger partial charge in [0.2, 0.25) is 5.91 Å². The average Bonchev–Trinajstić information content (AvgIpc) is 3.37. The first-order valence-corrected chi connectivity index (χ1v) is 12.0. The predicted octanol–water partition coefficient (Wildman–Crippen LogP) is 2.84. The van der Waals surface area contributed by atoms with Crippen molar-refractivity contribution in [2.24, 2.45) is 18.9 Å². The van der Waals surface area contributed by atoms with E-state index in [1.807, 2.05) is 0 Å². The molecule has 1 saturated carbocycles. The molecule has 4 rings (SSSR count). The summed E-state index contributed by atoms with van der Waals surface area (Å²) in [5.74, 6) is -8.54. The van der Waals surface area contributed by atoms with Gasteiger partial charge in [-0.15, -0.1) is 0 Å². The highest BCUT2D eigenvalue weighted by Crippen LogP contribution is 2.44. The number of carbonyl (C=O) groups is 2. The van der Waals surface area contributed by atoms with Crippen LogP contribution in [-0.4, -0.2) is 64.3 Å². The largest absolute Gasteiger partial charge is 0.481 e. The Balaban J connectivity index is 1.68. The molecule has 1 saturated heterocycles. The van der Waals surface area contributed by atoms with Crippen molar-refractivity contribution in [2.75, 3.05) is 13.1 Å². The Morgan fingerprint density at radius 3 is 2.26 bits per heavy atom. The minimum absolute atomic E-state index is 0.0750. The number of aliphatic carboxylic acids is 1. The topological polar surface area (TPSA) is 110 Å². The number of hydrogen-bond acceptors (Lipinski definition) is 5. The summed E-state index contributed by atoms with van der Waals surface area (Å²) in [7, 11) is -3.18. The molecule has 0 bridgehead atoms. The third-order valence-corrected chi connectivity index (χ3v) is 8.61. The van der Waals surface area contributed by atoms with E-state index in [2.05, 4.69) is 5.10 Å². The molecule has 0 unspecified atom stereocenters. The first kappa shape index (κ1) is 25.1. The fourth-order valence-corrected chi connectivity index (χ4v) is 6.64. The van der Waals surface area contributed by atoms with Gasteiger partial charge in [0.1, 0.15) is 0 Å². The van der Waals surface area contributed by atoms with Crippen LogP contribution in [0.5, 0.6) is 0 Å².